The highest BCUT2D eigenvalue weighted by Gasteiger charge is 2.18. The number of thiophene rings is 1. The van der Waals surface area contributed by atoms with Gasteiger partial charge in [-0.15, -0.1) is 11.3 Å². The van der Waals surface area contributed by atoms with Crippen LogP contribution in [0.25, 0.3) is 0 Å². The van der Waals surface area contributed by atoms with Crippen LogP contribution in [0.1, 0.15) is 46.4 Å². The van der Waals surface area contributed by atoms with Crippen LogP contribution in [0, 0.1) is 12.8 Å². The lowest BCUT2D eigenvalue weighted by Gasteiger charge is -2.21. The van der Waals surface area contributed by atoms with E-state index in [4.69, 9.17) is 4.74 Å². The molecule has 1 heterocycles. The number of amides is 1. The zero-order valence-corrected chi connectivity index (χ0v) is 15.1. The van der Waals surface area contributed by atoms with Crippen molar-refractivity contribution in [1.29, 1.82) is 0 Å². The van der Waals surface area contributed by atoms with Crippen molar-refractivity contribution >= 4 is 23.2 Å². The van der Waals surface area contributed by atoms with Crippen LogP contribution in [0.3, 0.4) is 0 Å². The monoisotopic (exact) mass is 345 g/mol. The average Bonchev–Trinajstić information content (AvgIpc) is 2.99. The Balaban J connectivity index is 1.91. The predicted octanol–water partition coefficient (Wildman–Crippen LogP) is 4.12. The van der Waals surface area contributed by atoms with Gasteiger partial charge >= 0.3 is 5.97 Å². The van der Waals surface area contributed by atoms with Crippen LogP contribution in [0.5, 0.6) is 0 Å². The van der Waals surface area contributed by atoms with Gasteiger partial charge < -0.3 is 10.1 Å². The maximum atomic E-state index is 12.2. The first-order valence-corrected chi connectivity index (χ1v) is 8.85. The molecule has 0 bridgehead atoms. The number of hydrogen-bond acceptors (Lipinski definition) is 4. The molecule has 1 amide bonds. The van der Waals surface area contributed by atoms with Crippen molar-refractivity contribution in [3.05, 3.63) is 57.8 Å². The number of nitrogens with one attached hydrogen (secondary N) is 1. The summed E-state index contributed by atoms with van der Waals surface area (Å²) in [7, 11) is 0. The van der Waals surface area contributed by atoms with Gasteiger partial charge in [-0.3, -0.25) is 4.79 Å². The number of rotatable bonds is 7. The number of carbonyl (C=O) groups excluding carboxylic acids is 2. The van der Waals surface area contributed by atoms with Gasteiger partial charge in [-0.25, -0.2) is 4.79 Å². The lowest BCUT2D eigenvalue weighted by molar-refractivity contribution is -0.125. The molecule has 2 aromatic rings. The molecule has 0 saturated carbocycles. The molecule has 0 saturated heterocycles. The lowest BCUT2D eigenvalue weighted by Crippen LogP contribution is -2.33. The van der Waals surface area contributed by atoms with Gasteiger partial charge in [-0.2, -0.15) is 0 Å². The van der Waals surface area contributed by atoms with Crippen LogP contribution in [-0.2, 0) is 9.53 Å². The minimum absolute atomic E-state index is 0.0821. The summed E-state index contributed by atoms with van der Waals surface area (Å²) in [6, 6.07) is 13.3. The molecule has 1 N–H and O–H groups in total. The fraction of sp³-hybridized carbons (Fsp3) is 0.368. The Morgan fingerprint density at radius 3 is 2.42 bits per heavy atom. The quantitative estimate of drug-likeness (QED) is 0.768. The molecule has 0 aliphatic carbocycles. The van der Waals surface area contributed by atoms with E-state index < -0.39 is 5.97 Å². The lowest BCUT2D eigenvalue weighted by atomic mass is 9.97. The number of aryl methyl sites for hydroxylation is 1. The Bertz CT molecular complexity index is 679. The molecular weight excluding hydrogens is 322 g/mol. The maximum absolute atomic E-state index is 12.2. The van der Waals surface area contributed by atoms with Crippen molar-refractivity contribution in [1.82, 2.24) is 5.32 Å². The molecule has 0 unspecified atom stereocenters. The third-order valence-electron chi connectivity index (χ3n) is 3.52. The maximum Gasteiger partial charge on any atom is 0.348 e. The molecular formula is C19H23NO3S. The summed E-state index contributed by atoms with van der Waals surface area (Å²) in [4.78, 5) is 25.6. The second-order valence-corrected chi connectivity index (χ2v) is 7.43. The van der Waals surface area contributed by atoms with Crippen LogP contribution < -0.4 is 5.32 Å². The van der Waals surface area contributed by atoms with Gasteiger partial charge in [-0.05, 0) is 37.0 Å². The standard InChI is InChI=1S/C19H23NO3S/c1-13(2)11-16(15-7-5-4-6-8-15)20-18(21)12-23-19(22)17-10-9-14(3)24-17/h4-10,13,16H,11-12H2,1-3H3,(H,20,21)/t16-/m1/s1. The number of esters is 1. The largest absolute Gasteiger partial charge is 0.451 e. The highest BCUT2D eigenvalue weighted by Crippen LogP contribution is 2.21. The van der Waals surface area contributed by atoms with Crippen molar-refractivity contribution in [3.8, 4) is 0 Å². The fourth-order valence-electron chi connectivity index (χ4n) is 2.42. The van der Waals surface area contributed by atoms with Crippen molar-refractivity contribution in [2.24, 2.45) is 5.92 Å². The molecule has 1 aromatic heterocycles. The number of hydrogen-bond donors (Lipinski definition) is 1. The second-order valence-electron chi connectivity index (χ2n) is 6.15. The van der Waals surface area contributed by atoms with E-state index >= 15 is 0 Å². The highest BCUT2D eigenvalue weighted by molar-refractivity contribution is 7.13. The molecule has 24 heavy (non-hydrogen) atoms. The third kappa shape index (κ3) is 5.49. The minimum Gasteiger partial charge on any atom is -0.451 e. The molecule has 2 rings (SSSR count). The summed E-state index contributed by atoms with van der Waals surface area (Å²) >= 11 is 1.36. The van der Waals surface area contributed by atoms with Gasteiger partial charge in [0.25, 0.3) is 5.91 Å². The molecule has 5 heteroatoms. The first-order chi connectivity index (χ1) is 11.5. The Labute approximate surface area is 146 Å². The van der Waals surface area contributed by atoms with E-state index in [1.54, 1.807) is 6.07 Å². The average molecular weight is 345 g/mol. The van der Waals surface area contributed by atoms with E-state index in [0.717, 1.165) is 16.9 Å². The Kier molecular flexibility index (Phi) is 6.55. The van der Waals surface area contributed by atoms with Gasteiger partial charge in [0.15, 0.2) is 6.61 Å². The molecule has 0 aliphatic rings. The third-order valence-corrected chi connectivity index (χ3v) is 4.50. The van der Waals surface area contributed by atoms with Crippen LogP contribution in [0.2, 0.25) is 0 Å². The number of ether oxygens (including phenoxy) is 1. The minimum atomic E-state index is -0.455. The smallest absolute Gasteiger partial charge is 0.348 e. The van der Waals surface area contributed by atoms with E-state index in [9.17, 15) is 9.59 Å². The number of benzene rings is 1. The molecule has 1 aromatic carbocycles. The van der Waals surface area contributed by atoms with E-state index in [-0.39, 0.29) is 18.6 Å². The van der Waals surface area contributed by atoms with Crippen molar-refractivity contribution in [2.75, 3.05) is 6.61 Å². The molecule has 0 spiro atoms. The molecule has 0 aliphatic heterocycles. The van der Waals surface area contributed by atoms with E-state index in [1.165, 1.54) is 11.3 Å². The van der Waals surface area contributed by atoms with Gasteiger partial charge in [0.1, 0.15) is 4.88 Å². The van der Waals surface area contributed by atoms with Crippen LogP contribution in [0.15, 0.2) is 42.5 Å². The summed E-state index contributed by atoms with van der Waals surface area (Å²) in [5.74, 6) is -0.304. The topological polar surface area (TPSA) is 55.4 Å². The van der Waals surface area contributed by atoms with Gasteiger partial charge in [0.05, 0.1) is 6.04 Å². The Morgan fingerprint density at radius 1 is 1.12 bits per heavy atom. The van der Waals surface area contributed by atoms with Gasteiger partial charge in [0.2, 0.25) is 0 Å². The zero-order valence-electron chi connectivity index (χ0n) is 14.2. The number of carbonyl (C=O) groups is 2. The van der Waals surface area contributed by atoms with Gasteiger partial charge in [0, 0.05) is 4.88 Å². The van der Waals surface area contributed by atoms with Gasteiger partial charge in [-0.1, -0.05) is 44.2 Å². The van der Waals surface area contributed by atoms with Crippen molar-refractivity contribution < 1.29 is 14.3 Å². The Morgan fingerprint density at radius 2 is 1.83 bits per heavy atom. The summed E-state index contributed by atoms with van der Waals surface area (Å²) in [5.41, 5.74) is 1.06. The summed E-state index contributed by atoms with van der Waals surface area (Å²) < 4.78 is 5.10. The van der Waals surface area contributed by atoms with Crippen LogP contribution in [-0.4, -0.2) is 18.5 Å². The molecule has 128 valence electrons. The van der Waals surface area contributed by atoms with Crippen molar-refractivity contribution in [2.45, 2.75) is 33.2 Å². The Hall–Kier alpha value is -2.14. The van der Waals surface area contributed by atoms with E-state index in [2.05, 4.69) is 19.2 Å². The summed E-state index contributed by atoms with van der Waals surface area (Å²) in [6.07, 6.45) is 0.827. The summed E-state index contributed by atoms with van der Waals surface area (Å²) in [6.45, 7) is 5.88. The first kappa shape index (κ1) is 18.2. The summed E-state index contributed by atoms with van der Waals surface area (Å²) in [5, 5.41) is 2.96. The highest BCUT2D eigenvalue weighted by atomic mass is 32.1. The molecule has 0 radical (unpaired) electrons. The van der Waals surface area contributed by atoms with E-state index in [1.807, 2.05) is 43.3 Å². The SMILES string of the molecule is Cc1ccc(C(=O)OCC(=O)N[C@H](CC(C)C)c2ccccc2)s1. The molecule has 1 atom stereocenters. The fourth-order valence-corrected chi connectivity index (χ4v) is 3.18. The van der Waals surface area contributed by atoms with E-state index in [0.29, 0.717) is 10.8 Å². The zero-order chi connectivity index (χ0) is 17.5. The molecule has 4 nitrogen and oxygen atoms in total. The first-order valence-electron chi connectivity index (χ1n) is 8.03. The molecule has 0 fully saturated rings. The predicted molar refractivity (Wildman–Crippen MR) is 96.1 cm³/mol. The van der Waals surface area contributed by atoms with Crippen molar-refractivity contribution in [3.63, 3.8) is 0 Å². The van der Waals surface area contributed by atoms with Crippen LogP contribution >= 0.6 is 11.3 Å². The van der Waals surface area contributed by atoms with Crippen LogP contribution in [0.4, 0.5) is 0 Å². The second kappa shape index (κ2) is 8.64. The normalized spacial score (nSPS) is 12.0.